The molecule has 0 saturated carbocycles. The van der Waals surface area contributed by atoms with E-state index in [2.05, 4.69) is 262 Å². The fourth-order valence-corrected chi connectivity index (χ4v) is 12.9. The van der Waals surface area contributed by atoms with Crippen molar-refractivity contribution in [1.29, 1.82) is 0 Å². The summed E-state index contributed by atoms with van der Waals surface area (Å²) in [5.74, 6) is 0. The Kier molecular flexibility index (Phi) is 8.31. The third kappa shape index (κ3) is 5.65. The summed E-state index contributed by atoms with van der Waals surface area (Å²) in [4.78, 5) is 5.18. The van der Waals surface area contributed by atoms with Crippen molar-refractivity contribution in [2.45, 2.75) is 59.3 Å². The molecule has 5 heterocycles. The molecule has 2 aromatic heterocycles. The summed E-state index contributed by atoms with van der Waals surface area (Å²) in [5, 5.41) is 7.66. The van der Waals surface area contributed by atoms with Crippen LogP contribution >= 0.6 is 0 Å². The number of aromatic nitrogens is 2. The van der Waals surface area contributed by atoms with Gasteiger partial charge in [0.15, 0.2) is 0 Å². The largest absolute Gasteiger partial charge is 0.311 e. The van der Waals surface area contributed by atoms with Crippen molar-refractivity contribution in [3.63, 3.8) is 0 Å². The molecule has 0 amide bonds. The van der Waals surface area contributed by atoms with Crippen LogP contribution in [0.15, 0.2) is 194 Å². The molecule has 0 fully saturated rings. The molecule has 0 bridgehead atoms. The number of hydrogen-bond acceptors (Lipinski definition) is 2. The fourth-order valence-electron chi connectivity index (χ4n) is 12.9. The SMILES string of the molecule is Cc1cc2c3c(c1)N1c4c(cccc4-n4c5ccccc5c5cccc1c54)B3c1ccc(-n3c4ccc(C(C)(C)C)cc4c4cc(C(C)(C)C)ccc43)cc1N2c1ccc(-c2cccc3ccccc23)cc1. The zero-order chi connectivity index (χ0) is 48.5. The molecule has 12 aromatic rings. The number of aryl methyl sites for hydroxylation is 1. The zero-order valence-electron chi connectivity index (χ0n) is 41.8. The second kappa shape index (κ2) is 14.4. The molecule has 0 aliphatic carbocycles. The first-order chi connectivity index (χ1) is 34.9. The molecule has 0 unspecified atom stereocenters. The van der Waals surface area contributed by atoms with E-state index in [1.54, 1.807) is 0 Å². The number of nitrogens with zero attached hydrogens (tertiary/aromatic N) is 4. The van der Waals surface area contributed by atoms with Gasteiger partial charge in [-0.1, -0.05) is 157 Å². The molecule has 15 rings (SSSR count). The minimum atomic E-state index is -0.0125. The summed E-state index contributed by atoms with van der Waals surface area (Å²) in [6, 6.07) is 74.1. The summed E-state index contributed by atoms with van der Waals surface area (Å²) in [6.07, 6.45) is 0. The first-order valence-electron chi connectivity index (χ1n) is 25.6. The number of anilines is 6. The van der Waals surface area contributed by atoms with Gasteiger partial charge >= 0.3 is 0 Å². The van der Waals surface area contributed by atoms with E-state index >= 15 is 0 Å². The minimum Gasteiger partial charge on any atom is -0.311 e. The van der Waals surface area contributed by atoms with Crippen LogP contribution in [0.2, 0.25) is 0 Å². The second-order valence-corrected chi connectivity index (χ2v) is 22.7. The Hall–Kier alpha value is -8.28. The van der Waals surface area contributed by atoms with Gasteiger partial charge in [0, 0.05) is 50.0 Å². The van der Waals surface area contributed by atoms with E-state index in [4.69, 9.17) is 0 Å². The van der Waals surface area contributed by atoms with Gasteiger partial charge < -0.3 is 18.9 Å². The van der Waals surface area contributed by atoms with Gasteiger partial charge in [-0.25, -0.2) is 0 Å². The molecular formula is C67H53BN4. The molecule has 4 nitrogen and oxygen atoms in total. The van der Waals surface area contributed by atoms with Crippen LogP contribution in [0.1, 0.15) is 58.2 Å². The molecule has 3 aliphatic heterocycles. The summed E-state index contributed by atoms with van der Waals surface area (Å²) >= 11 is 0. The van der Waals surface area contributed by atoms with Crippen LogP contribution in [0.25, 0.3) is 76.9 Å². The number of fused-ring (bicyclic) bond motifs is 13. The fraction of sp³-hybridized carbons (Fsp3) is 0.134. The maximum absolute atomic E-state index is 2.60. The molecule has 0 saturated heterocycles. The van der Waals surface area contributed by atoms with Gasteiger partial charge in [-0.05, 0) is 152 Å². The topological polar surface area (TPSA) is 16.3 Å². The van der Waals surface area contributed by atoms with E-state index in [0.29, 0.717) is 0 Å². The predicted octanol–water partition coefficient (Wildman–Crippen LogP) is 16.0. The number of hydrogen-bond donors (Lipinski definition) is 0. The lowest BCUT2D eigenvalue weighted by Gasteiger charge is -2.46. The predicted molar refractivity (Wildman–Crippen MR) is 308 cm³/mol. The first-order valence-corrected chi connectivity index (χ1v) is 25.6. The second-order valence-electron chi connectivity index (χ2n) is 22.7. The van der Waals surface area contributed by atoms with E-state index in [9.17, 15) is 0 Å². The third-order valence-electron chi connectivity index (χ3n) is 16.3. The molecule has 10 aromatic carbocycles. The lowest BCUT2D eigenvalue weighted by molar-refractivity contribution is 0.590. The highest BCUT2D eigenvalue weighted by Crippen LogP contribution is 2.53. The Morgan fingerprint density at radius 3 is 1.72 bits per heavy atom. The van der Waals surface area contributed by atoms with Crippen molar-refractivity contribution in [2.75, 3.05) is 9.80 Å². The maximum atomic E-state index is 2.60. The molecule has 0 atom stereocenters. The first kappa shape index (κ1) is 41.5. The monoisotopic (exact) mass is 924 g/mol. The van der Waals surface area contributed by atoms with Crippen molar-refractivity contribution in [2.24, 2.45) is 0 Å². The Labute approximate surface area is 421 Å². The molecule has 5 heteroatoms. The highest BCUT2D eigenvalue weighted by Gasteiger charge is 2.46. The molecule has 3 aliphatic rings. The highest BCUT2D eigenvalue weighted by molar-refractivity contribution is 7.00. The normalized spacial score (nSPS) is 13.7. The van der Waals surface area contributed by atoms with Crippen molar-refractivity contribution in [3.8, 4) is 22.5 Å². The smallest absolute Gasteiger partial charge is 0.252 e. The van der Waals surface area contributed by atoms with Crippen LogP contribution in [0, 0.1) is 6.92 Å². The average molecular weight is 925 g/mol. The van der Waals surface area contributed by atoms with E-state index in [1.807, 2.05) is 0 Å². The van der Waals surface area contributed by atoms with Gasteiger partial charge in [-0.3, -0.25) is 0 Å². The van der Waals surface area contributed by atoms with Gasteiger partial charge in [0.25, 0.3) is 6.71 Å². The summed E-state index contributed by atoms with van der Waals surface area (Å²) in [7, 11) is 0. The number of rotatable bonds is 3. The third-order valence-corrected chi connectivity index (χ3v) is 16.3. The Balaban J connectivity index is 1.01. The summed E-state index contributed by atoms with van der Waals surface area (Å²) in [5.41, 5.74) is 25.0. The maximum Gasteiger partial charge on any atom is 0.252 e. The molecule has 0 radical (unpaired) electrons. The zero-order valence-corrected chi connectivity index (χ0v) is 41.8. The summed E-state index contributed by atoms with van der Waals surface area (Å²) in [6.45, 7) is 16.2. The minimum absolute atomic E-state index is 0.0125. The van der Waals surface area contributed by atoms with E-state index in [1.165, 1.54) is 133 Å². The van der Waals surface area contributed by atoms with Crippen LogP contribution in [0.4, 0.5) is 34.1 Å². The van der Waals surface area contributed by atoms with Gasteiger partial charge in [0.2, 0.25) is 0 Å². The lowest BCUT2D eigenvalue weighted by atomic mass is 9.33. The quantitative estimate of drug-likeness (QED) is 0.164. The van der Waals surface area contributed by atoms with Gasteiger partial charge in [-0.15, -0.1) is 0 Å². The molecular weight excluding hydrogens is 872 g/mol. The Morgan fingerprint density at radius 2 is 0.986 bits per heavy atom. The van der Waals surface area contributed by atoms with Crippen LogP contribution in [-0.2, 0) is 10.8 Å². The number of benzene rings is 10. The Bertz CT molecular complexity index is 4250. The van der Waals surface area contributed by atoms with E-state index in [-0.39, 0.29) is 17.5 Å². The molecule has 0 N–H and O–H groups in total. The van der Waals surface area contributed by atoms with Crippen molar-refractivity contribution in [1.82, 2.24) is 9.13 Å². The van der Waals surface area contributed by atoms with Crippen LogP contribution < -0.4 is 26.2 Å². The van der Waals surface area contributed by atoms with Crippen molar-refractivity contribution >= 4 is 112 Å². The summed E-state index contributed by atoms with van der Waals surface area (Å²) < 4.78 is 5.06. The number of para-hydroxylation sites is 3. The molecule has 72 heavy (non-hydrogen) atoms. The lowest BCUT2D eigenvalue weighted by Crippen LogP contribution is -2.61. The van der Waals surface area contributed by atoms with Crippen molar-refractivity contribution in [3.05, 3.63) is 211 Å². The van der Waals surface area contributed by atoms with Gasteiger partial charge in [0.05, 0.1) is 39.1 Å². The van der Waals surface area contributed by atoms with Crippen molar-refractivity contribution < 1.29 is 0 Å². The standard InChI is InChI=1S/C67H53BN4/c1-40-35-61-63-62(36-40)72-58-23-13-20-50-49-18-10-11-22-55(49)71(64(50)58)59-24-14-21-54(65(59)72)68(63)53-32-31-46(39-60(53)69(61)45-29-25-42(26-30-45)48-19-12-16-41-15-8-9-17-47(41)48)70-56-33-27-43(66(2,3)4)37-51(56)52-38-44(67(5,6)7)28-34-57(52)70/h8-39H,1-7H3. The van der Waals surface area contributed by atoms with Crippen LogP contribution in [-0.4, -0.2) is 15.8 Å². The van der Waals surface area contributed by atoms with Gasteiger partial charge in [0.1, 0.15) is 0 Å². The molecule has 0 spiro atoms. The molecule has 344 valence electrons. The Morgan fingerprint density at radius 1 is 0.389 bits per heavy atom. The van der Waals surface area contributed by atoms with Crippen LogP contribution in [0.5, 0.6) is 0 Å². The average Bonchev–Trinajstić information content (AvgIpc) is 3.91. The van der Waals surface area contributed by atoms with E-state index in [0.717, 1.165) is 11.4 Å². The van der Waals surface area contributed by atoms with E-state index < -0.39 is 0 Å². The highest BCUT2D eigenvalue weighted by atomic mass is 15.2. The van der Waals surface area contributed by atoms with Crippen LogP contribution in [0.3, 0.4) is 0 Å². The van der Waals surface area contributed by atoms with Gasteiger partial charge in [-0.2, -0.15) is 0 Å².